The molecule has 3 nitrogen and oxygen atoms in total. The van der Waals surface area contributed by atoms with Gasteiger partial charge < -0.3 is 5.11 Å². The van der Waals surface area contributed by atoms with Gasteiger partial charge in [0, 0.05) is 12.6 Å². The fraction of sp³-hybridized carbons (Fsp3) is 1.00. The molecular formula is C7H13NO2. The third-order valence-corrected chi connectivity index (χ3v) is 2.35. The zero-order valence-corrected chi connectivity index (χ0v) is 5.99. The first kappa shape index (κ1) is 6.58. The van der Waals surface area contributed by atoms with E-state index in [0.29, 0.717) is 6.04 Å². The molecule has 2 atom stereocenters. The summed E-state index contributed by atoms with van der Waals surface area (Å²) in [5.74, 6) is 0. The zero-order valence-electron chi connectivity index (χ0n) is 5.99. The molecule has 0 amide bonds. The lowest BCUT2D eigenvalue weighted by molar-refractivity contribution is -0.156. The first-order valence-corrected chi connectivity index (χ1v) is 3.94. The van der Waals surface area contributed by atoms with Crippen LogP contribution in [0.1, 0.15) is 19.3 Å². The summed E-state index contributed by atoms with van der Waals surface area (Å²) < 4.78 is 0. The summed E-state index contributed by atoms with van der Waals surface area (Å²) in [4.78, 5) is 5.42. The Labute approximate surface area is 60.5 Å². The third-order valence-electron chi connectivity index (χ3n) is 2.35. The summed E-state index contributed by atoms with van der Waals surface area (Å²) in [5.41, 5.74) is 0. The Morgan fingerprint density at radius 3 is 3.20 bits per heavy atom. The van der Waals surface area contributed by atoms with Crippen LogP contribution in [0.15, 0.2) is 0 Å². The third kappa shape index (κ3) is 0.944. The first-order valence-electron chi connectivity index (χ1n) is 3.94. The minimum atomic E-state index is 0.0882. The van der Waals surface area contributed by atoms with Crippen molar-refractivity contribution in [3.05, 3.63) is 0 Å². The molecule has 3 heteroatoms. The second-order valence-electron chi connectivity index (χ2n) is 3.08. The predicted molar refractivity (Wildman–Crippen MR) is 36.3 cm³/mol. The van der Waals surface area contributed by atoms with Gasteiger partial charge in [-0.3, -0.25) is 4.84 Å². The molecule has 0 saturated carbocycles. The van der Waals surface area contributed by atoms with E-state index < -0.39 is 0 Å². The van der Waals surface area contributed by atoms with E-state index in [4.69, 9.17) is 9.94 Å². The van der Waals surface area contributed by atoms with E-state index in [1.807, 2.05) is 5.06 Å². The van der Waals surface area contributed by atoms with Crippen molar-refractivity contribution in [2.75, 3.05) is 13.2 Å². The number of fused-ring (bicyclic) bond motifs is 1. The van der Waals surface area contributed by atoms with Gasteiger partial charge in [-0.2, -0.15) is 5.06 Å². The quantitative estimate of drug-likeness (QED) is 0.567. The first-order chi connectivity index (χ1) is 4.90. The van der Waals surface area contributed by atoms with Gasteiger partial charge in [0.15, 0.2) is 0 Å². The Bertz CT molecular complexity index is 117. The Morgan fingerprint density at radius 2 is 2.50 bits per heavy atom. The van der Waals surface area contributed by atoms with E-state index in [-0.39, 0.29) is 12.7 Å². The van der Waals surface area contributed by atoms with Gasteiger partial charge in [0.2, 0.25) is 0 Å². The maximum Gasteiger partial charge on any atom is 0.104 e. The molecule has 2 aliphatic rings. The minimum Gasteiger partial charge on any atom is -0.394 e. The highest BCUT2D eigenvalue weighted by atomic mass is 16.7. The van der Waals surface area contributed by atoms with E-state index in [1.54, 1.807) is 0 Å². The standard InChI is InChI=1S/C7H13NO2/c9-5-7-4-6-2-1-3-8(6)10-7/h6-7,9H,1-5H2/t6-,7+/m1/s1. The molecule has 10 heavy (non-hydrogen) atoms. The van der Waals surface area contributed by atoms with Crippen molar-refractivity contribution in [2.45, 2.75) is 31.4 Å². The molecule has 2 saturated heterocycles. The maximum atomic E-state index is 8.77. The second kappa shape index (κ2) is 2.49. The van der Waals surface area contributed by atoms with Crippen molar-refractivity contribution in [3.63, 3.8) is 0 Å². The van der Waals surface area contributed by atoms with Crippen molar-refractivity contribution >= 4 is 0 Å². The highest BCUT2D eigenvalue weighted by Crippen LogP contribution is 2.29. The molecule has 0 bridgehead atoms. The fourth-order valence-electron chi connectivity index (χ4n) is 1.83. The van der Waals surface area contributed by atoms with Crippen LogP contribution < -0.4 is 0 Å². The molecule has 2 fully saturated rings. The van der Waals surface area contributed by atoms with Crippen LogP contribution in [-0.2, 0) is 4.84 Å². The van der Waals surface area contributed by atoms with Gasteiger partial charge in [0.25, 0.3) is 0 Å². The molecule has 0 unspecified atom stereocenters. The molecule has 0 aromatic rings. The summed E-state index contributed by atoms with van der Waals surface area (Å²) in [6, 6.07) is 0.608. The van der Waals surface area contributed by atoms with Crippen LogP contribution in [-0.4, -0.2) is 35.5 Å². The highest BCUT2D eigenvalue weighted by Gasteiger charge is 2.35. The van der Waals surface area contributed by atoms with Crippen LogP contribution in [0.5, 0.6) is 0 Å². The summed E-state index contributed by atoms with van der Waals surface area (Å²) in [6.07, 6.45) is 3.61. The van der Waals surface area contributed by atoms with Crippen LogP contribution >= 0.6 is 0 Å². The molecule has 2 rings (SSSR count). The van der Waals surface area contributed by atoms with Gasteiger partial charge in [-0.1, -0.05) is 0 Å². The average Bonchev–Trinajstić information content (AvgIpc) is 2.42. The number of nitrogens with zero attached hydrogens (tertiary/aromatic N) is 1. The molecule has 0 aromatic heterocycles. The fourth-order valence-corrected chi connectivity index (χ4v) is 1.83. The number of aliphatic hydroxyl groups excluding tert-OH is 1. The topological polar surface area (TPSA) is 32.7 Å². The van der Waals surface area contributed by atoms with Gasteiger partial charge in [0.1, 0.15) is 6.10 Å². The van der Waals surface area contributed by atoms with Crippen LogP contribution in [0, 0.1) is 0 Å². The molecular weight excluding hydrogens is 130 g/mol. The normalized spacial score (nSPS) is 40.5. The van der Waals surface area contributed by atoms with Crippen LogP contribution in [0.4, 0.5) is 0 Å². The highest BCUT2D eigenvalue weighted by molar-refractivity contribution is 4.82. The van der Waals surface area contributed by atoms with Crippen LogP contribution in [0.2, 0.25) is 0 Å². The van der Waals surface area contributed by atoms with Crippen molar-refractivity contribution in [2.24, 2.45) is 0 Å². The smallest absolute Gasteiger partial charge is 0.104 e. The lowest BCUT2D eigenvalue weighted by atomic mass is 10.1. The lowest BCUT2D eigenvalue weighted by Crippen LogP contribution is -2.21. The molecule has 2 aliphatic heterocycles. The van der Waals surface area contributed by atoms with Gasteiger partial charge in [-0.25, -0.2) is 0 Å². The molecule has 0 radical (unpaired) electrons. The Kier molecular flexibility index (Phi) is 1.64. The minimum absolute atomic E-state index is 0.0882. The number of hydrogen-bond donors (Lipinski definition) is 1. The van der Waals surface area contributed by atoms with Gasteiger partial charge in [-0.15, -0.1) is 0 Å². The SMILES string of the molecule is OC[C@@H]1C[C@H]2CCCN2O1. The van der Waals surface area contributed by atoms with E-state index in [2.05, 4.69) is 0 Å². The predicted octanol–water partition coefficient (Wildman–Crippen LogP) is 0.147. The molecule has 0 spiro atoms. The largest absolute Gasteiger partial charge is 0.394 e. The molecule has 0 aliphatic carbocycles. The van der Waals surface area contributed by atoms with E-state index in [0.717, 1.165) is 13.0 Å². The lowest BCUT2D eigenvalue weighted by Gasteiger charge is -2.12. The van der Waals surface area contributed by atoms with Gasteiger partial charge >= 0.3 is 0 Å². The number of rotatable bonds is 1. The van der Waals surface area contributed by atoms with Crippen LogP contribution in [0.25, 0.3) is 0 Å². The van der Waals surface area contributed by atoms with E-state index >= 15 is 0 Å². The Morgan fingerprint density at radius 1 is 1.60 bits per heavy atom. The van der Waals surface area contributed by atoms with E-state index in [9.17, 15) is 0 Å². The molecule has 0 aromatic carbocycles. The second-order valence-corrected chi connectivity index (χ2v) is 3.08. The van der Waals surface area contributed by atoms with Crippen molar-refractivity contribution in [1.82, 2.24) is 5.06 Å². The summed E-state index contributed by atoms with van der Waals surface area (Å²) in [5, 5.41) is 10.8. The number of aliphatic hydroxyl groups is 1. The van der Waals surface area contributed by atoms with Crippen LogP contribution in [0.3, 0.4) is 0 Å². The molecule has 58 valence electrons. The van der Waals surface area contributed by atoms with Gasteiger partial charge in [-0.05, 0) is 19.3 Å². The molecule has 2 heterocycles. The number of hydrogen-bond acceptors (Lipinski definition) is 3. The maximum absolute atomic E-state index is 8.77. The average molecular weight is 143 g/mol. The van der Waals surface area contributed by atoms with Gasteiger partial charge in [0.05, 0.1) is 6.61 Å². The zero-order chi connectivity index (χ0) is 6.97. The van der Waals surface area contributed by atoms with Crippen molar-refractivity contribution in [1.29, 1.82) is 0 Å². The van der Waals surface area contributed by atoms with Crippen molar-refractivity contribution < 1.29 is 9.94 Å². The summed E-state index contributed by atoms with van der Waals surface area (Å²) in [7, 11) is 0. The summed E-state index contributed by atoms with van der Waals surface area (Å²) >= 11 is 0. The monoisotopic (exact) mass is 143 g/mol. The molecule has 1 N–H and O–H groups in total. The Hall–Kier alpha value is -0.120. The van der Waals surface area contributed by atoms with E-state index in [1.165, 1.54) is 12.8 Å². The number of hydroxylamine groups is 2. The Balaban J connectivity index is 1.94. The van der Waals surface area contributed by atoms with Crippen molar-refractivity contribution in [3.8, 4) is 0 Å². The summed E-state index contributed by atoms with van der Waals surface area (Å²) in [6.45, 7) is 1.23.